The van der Waals surface area contributed by atoms with Gasteiger partial charge in [-0.05, 0) is 49.7 Å². The van der Waals surface area contributed by atoms with Gasteiger partial charge in [-0.3, -0.25) is 4.79 Å². The van der Waals surface area contributed by atoms with Crippen LogP contribution < -0.4 is 10.1 Å². The Balaban J connectivity index is 1.97. The lowest BCUT2D eigenvalue weighted by Crippen LogP contribution is -2.31. The summed E-state index contributed by atoms with van der Waals surface area (Å²) in [4.78, 5) is 12.2. The monoisotopic (exact) mass is 301 g/mol. The van der Waals surface area contributed by atoms with Gasteiger partial charge in [-0.15, -0.1) is 0 Å². The number of hydrogen-bond acceptors (Lipinski definition) is 2. The first kappa shape index (κ1) is 16.0. The lowest BCUT2D eigenvalue weighted by atomic mass is 10.0. The zero-order valence-corrected chi connectivity index (χ0v) is 12.8. The molecule has 0 aliphatic heterocycles. The van der Waals surface area contributed by atoms with Gasteiger partial charge in [0.25, 0.3) is 5.91 Å². The van der Waals surface area contributed by atoms with Gasteiger partial charge in [0.1, 0.15) is 11.6 Å². The fourth-order valence-electron chi connectivity index (χ4n) is 2.11. The van der Waals surface area contributed by atoms with Gasteiger partial charge >= 0.3 is 0 Å². The summed E-state index contributed by atoms with van der Waals surface area (Å²) >= 11 is 0. The minimum Gasteiger partial charge on any atom is -0.493 e. The molecule has 2 aromatic rings. The van der Waals surface area contributed by atoms with Crippen LogP contribution in [0.25, 0.3) is 0 Å². The molecule has 0 bridgehead atoms. The molecule has 1 N–H and O–H groups in total. The van der Waals surface area contributed by atoms with E-state index in [1.54, 1.807) is 12.1 Å². The third kappa shape index (κ3) is 4.58. The predicted octanol–water partition coefficient (Wildman–Crippen LogP) is 3.59. The van der Waals surface area contributed by atoms with Gasteiger partial charge in [0, 0.05) is 18.0 Å². The Kier molecular flexibility index (Phi) is 5.53. The van der Waals surface area contributed by atoms with Crippen LogP contribution in [0.5, 0.6) is 5.75 Å². The quantitative estimate of drug-likeness (QED) is 0.885. The first-order valence-electron chi connectivity index (χ1n) is 7.33. The fraction of sp³-hybridized carbons (Fsp3) is 0.278. The van der Waals surface area contributed by atoms with Crippen molar-refractivity contribution >= 4 is 5.91 Å². The summed E-state index contributed by atoms with van der Waals surface area (Å²) in [5.74, 6) is 0.251. The van der Waals surface area contributed by atoms with E-state index >= 15 is 0 Å². The molecule has 0 spiro atoms. The molecule has 0 aromatic heterocycles. The smallest absolute Gasteiger partial charge is 0.251 e. The molecule has 116 valence electrons. The van der Waals surface area contributed by atoms with E-state index < -0.39 is 0 Å². The second-order valence-corrected chi connectivity index (χ2v) is 5.34. The minimum absolute atomic E-state index is 0.0765. The highest BCUT2D eigenvalue weighted by Crippen LogP contribution is 2.14. The van der Waals surface area contributed by atoms with Crippen molar-refractivity contribution < 1.29 is 13.9 Å². The summed E-state index contributed by atoms with van der Waals surface area (Å²) in [6.45, 7) is 4.29. The number of carbonyl (C=O) groups is 1. The highest BCUT2D eigenvalue weighted by Gasteiger charge is 2.11. The molecule has 4 heteroatoms. The number of nitrogens with one attached hydrogen (secondary N) is 1. The fourth-order valence-corrected chi connectivity index (χ4v) is 2.11. The van der Waals surface area contributed by atoms with Crippen LogP contribution in [0.3, 0.4) is 0 Å². The Labute approximate surface area is 130 Å². The Morgan fingerprint density at radius 1 is 1.14 bits per heavy atom. The minimum atomic E-state index is -0.289. The first-order valence-corrected chi connectivity index (χ1v) is 7.33. The molecule has 0 atom stereocenters. The topological polar surface area (TPSA) is 38.3 Å². The zero-order valence-electron chi connectivity index (χ0n) is 12.8. The number of benzene rings is 2. The standard InChI is InChI=1S/C18H20FNO2/c1-13(2)20-18(21)17-6-4-3-5-14(17)11-12-22-16-9-7-15(19)8-10-16/h3-10,13H,11-12H2,1-2H3,(H,20,21). The van der Waals surface area contributed by atoms with Crippen LogP contribution in [0.15, 0.2) is 48.5 Å². The van der Waals surface area contributed by atoms with E-state index in [1.807, 2.05) is 38.1 Å². The van der Waals surface area contributed by atoms with Crippen LogP contribution in [0.1, 0.15) is 29.8 Å². The summed E-state index contributed by atoms with van der Waals surface area (Å²) in [5.41, 5.74) is 1.60. The molecule has 0 unspecified atom stereocenters. The highest BCUT2D eigenvalue weighted by atomic mass is 19.1. The maximum atomic E-state index is 12.8. The average molecular weight is 301 g/mol. The van der Waals surface area contributed by atoms with E-state index in [9.17, 15) is 9.18 Å². The molecule has 0 saturated carbocycles. The Hall–Kier alpha value is -2.36. The normalized spacial score (nSPS) is 10.5. The molecule has 0 heterocycles. The van der Waals surface area contributed by atoms with Gasteiger partial charge in [0.05, 0.1) is 6.61 Å². The van der Waals surface area contributed by atoms with Crippen molar-refractivity contribution in [2.24, 2.45) is 0 Å². The SMILES string of the molecule is CC(C)NC(=O)c1ccccc1CCOc1ccc(F)cc1. The molecule has 0 radical (unpaired) electrons. The second kappa shape index (κ2) is 7.59. The summed E-state index contributed by atoms with van der Waals surface area (Å²) in [5, 5.41) is 2.89. The lowest BCUT2D eigenvalue weighted by Gasteiger charge is -2.12. The first-order chi connectivity index (χ1) is 10.6. The van der Waals surface area contributed by atoms with Crippen molar-refractivity contribution in [3.05, 3.63) is 65.5 Å². The summed E-state index contributed by atoms with van der Waals surface area (Å²) < 4.78 is 18.4. The zero-order chi connectivity index (χ0) is 15.9. The average Bonchev–Trinajstić information content (AvgIpc) is 2.49. The largest absolute Gasteiger partial charge is 0.493 e. The van der Waals surface area contributed by atoms with Gasteiger partial charge < -0.3 is 10.1 Å². The molecule has 2 aromatic carbocycles. The van der Waals surface area contributed by atoms with E-state index in [4.69, 9.17) is 4.74 Å². The van der Waals surface area contributed by atoms with Crippen molar-refractivity contribution in [3.63, 3.8) is 0 Å². The molecule has 2 rings (SSSR count). The van der Waals surface area contributed by atoms with Crippen LogP contribution in [0.4, 0.5) is 4.39 Å². The summed E-state index contributed by atoms with van der Waals surface area (Å²) in [6, 6.07) is 13.5. The van der Waals surface area contributed by atoms with Gasteiger partial charge in [-0.1, -0.05) is 18.2 Å². The van der Waals surface area contributed by atoms with Gasteiger partial charge in [-0.25, -0.2) is 4.39 Å². The Morgan fingerprint density at radius 3 is 2.50 bits per heavy atom. The van der Waals surface area contributed by atoms with Gasteiger partial charge in [0.2, 0.25) is 0 Å². The molecule has 3 nitrogen and oxygen atoms in total. The molecule has 0 aliphatic rings. The maximum absolute atomic E-state index is 12.8. The number of amides is 1. The second-order valence-electron chi connectivity index (χ2n) is 5.34. The van der Waals surface area contributed by atoms with Crippen LogP contribution in [0, 0.1) is 5.82 Å². The van der Waals surface area contributed by atoms with Crippen LogP contribution in [-0.2, 0) is 6.42 Å². The predicted molar refractivity (Wildman–Crippen MR) is 84.6 cm³/mol. The highest BCUT2D eigenvalue weighted by molar-refractivity contribution is 5.95. The van der Waals surface area contributed by atoms with E-state index in [0.717, 1.165) is 5.56 Å². The molecule has 22 heavy (non-hydrogen) atoms. The Morgan fingerprint density at radius 2 is 1.82 bits per heavy atom. The number of halogens is 1. The third-order valence-electron chi connectivity index (χ3n) is 3.14. The lowest BCUT2D eigenvalue weighted by molar-refractivity contribution is 0.0942. The van der Waals surface area contributed by atoms with Crippen molar-refractivity contribution in [2.75, 3.05) is 6.61 Å². The van der Waals surface area contributed by atoms with Crippen LogP contribution in [0.2, 0.25) is 0 Å². The van der Waals surface area contributed by atoms with Crippen molar-refractivity contribution in [1.29, 1.82) is 0 Å². The molecular weight excluding hydrogens is 281 g/mol. The van der Waals surface area contributed by atoms with Crippen molar-refractivity contribution in [3.8, 4) is 5.75 Å². The van der Waals surface area contributed by atoms with Crippen molar-refractivity contribution in [1.82, 2.24) is 5.32 Å². The Bertz CT molecular complexity index is 623. The number of ether oxygens (including phenoxy) is 1. The molecule has 0 fully saturated rings. The van der Waals surface area contributed by atoms with Crippen LogP contribution >= 0.6 is 0 Å². The third-order valence-corrected chi connectivity index (χ3v) is 3.14. The summed E-state index contributed by atoms with van der Waals surface area (Å²) in [7, 11) is 0. The van der Waals surface area contributed by atoms with Gasteiger partial charge in [0.15, 0.2) is 0 Å². The number of hydrogen-bond donors (Lipinski definition) is 1. The molecule has 1 amide bonds. The summed E-state index contributed by atoms with van der Waals surface area (Å²) in [6.07, 6.45) is 0.610. The van der Waals surface area contributed by atoms with Gasteiger partial charge in [-0.2, -0.15) is 0 Å². The van der Waals surface area contributed by atoms with E-state index in [2.05, 4.69) is 5.32 Å². The number of rotatable bonds is 6. The van der Waals surface area contributed by atoms with E-state index in [-0.39, 0.29) is 17.8 Å². The molecule has 0 saturated heterocycles. The van der Waals surface area contributed by atoms with Crippen molar-refractivity contribution in [2.45, 2.75) is 26.3 Å². The van der Waals surface area contributed by atoms with Crippen LogP contribution in [-0.4, -0.2) is 18.6 Å². The van der Waals surface area contributed by atoms with E-state index in [1.165, 1.54) is 12.1 Å². The molecule has 0 aliphatic carbocycles. The van der Waals surface area contributed by atoms with E-state index in [0.29, 0.717) is 24.3 Å². The number of carbonyl (C=O) groups excluding carboxylic acids is 1. The maximum Gasteiger partial charge on any atom is 0.251 e. The molecular formula is C18H20FNO2.